The van der Waals surface area contributed by atoms with Crippen molar-refractivity contribution in [2.45, 2.75) is 6.42 Å². The lowest BCUT2D eigenvalue weighted by Gasteiger charge is -2.37. The van der Waals surface area contributed by atoms with Gasteiger partial charge in [0.05, 0.1) is 19.0 Å². The number of benzene rings is 2. The molecule has 3 aromatic rings. The summed E-state index contributed by atoms with van der Waals surface area (Å²) in [6.07, 6.45) is -0.0443. The molecule has 1 saturated heterocycles. The van der Waals surface area contributed by atoms with E-state index in [-0.39, 0.29) is 12.4 Å². The van der Waals surface area contributed by atoms with E-state index in [4.69, 9.17) is 21.4 Å². The molecule has 8 heteroatoms. The number of aromatic nitrogens is 2. The second kappa shape index (κ2) is 8.13. The Balaban J connectivity index is 1.60. The molecule has 2 heterocycles. The van der Waals surface area contributed by atoms with Crippen molar-refractivity contribution in [3.63, 3.8) is 0 Å². The molecule has 1 aliphatic rings. The van der Waals surface area contributed by atoms with Crippen molar-refractivity contribution < 1.29 is 14.6 Å². The maximum atomic E-state index is 11.0. The first-order valence-electron chi connectivity index (χ1n) is 9.35. The highest BCUT2D eigenvalue weighted by molar-refractivity contribution is 6.30. The maximum Gasteiger partial charge on any atom is 0.318 e. The summed E-state index contributed by atoms with van der Waals surface area (Å²) in [5.74, 6) is -0.0617. The minimum Gasteiger partial charge on any atom is -0.481 e. The van der Waals surface area contributed by atoms with Crippen LogP contribution in [0.1, 0.15) is 5.56 Å². The second-order valence-corrected chi connectivity index (χ2v) is 7.34. The van der Waals surface area contributed by atoms with Crippen LogP contribution in [0.5, 0.6) is 6.01 Å². The number of hydrogen-bond acceptors (Lipinski definition) is 6. The van der Waals surface area contributed by atoms with E-state index in [1.165, 1.54) is 7.11 Å². The lowest BCUT2D eigenvalue weighted by molar-refractivity contribution is -0.136. The highest BCUT2D eigenvalue weighted by atomic mass is 35.5. The molecular formula is C21H21ClN4O3. The number of anilines is 2. The Morgan fingerprint density at radius 3 is 2.41 bits per heavy atom. The van der Waals surface area contributed by atoms with Crippen molar-refractivity contribution >= 4 is 40.0 Å². The van der Waals surface area contributed by atoms with Gasteiger partial charge in [-0.25, -0.2) is 0 Å². The van der Waals surface area contributed by atoms with Gasteiger partial charge in [-0.2, -0.15) is 9.97 Å². The number of carboxylic acid groups (broad SMARTS) is 1. The van der Waals surface area contributed by atoms with Gasteiger partial charge in [0.1, 0.15) is 5.82 Å². The Morgan fingerprint density at radius 1 is 1.07 bits per heavy atom. The van der Waals surface area contributed by atoms with Crippen molar-refractivity contribution in [1.29, 1.82) is 0 Å². The highest BCUT2D eigenvalue weighted by Crippen LogP contribution is 2.29. The van der Waals surface area contributed by atoms with Crippen LogP contribution in [-0.2, 0) is 11.2 Å². The van der Waals surface area contributed by atoms with Crippen molar-refractivity contribution in [1.82, 2.24) is 9.97 Å². The van der Waals surface area contributed by atoms with E-state index in [9.17, 15) is 4.79 Å². The van der Waals surface area contributed by atoms with Gasteiger partial charge in [-0.15, -0.1) is 0 Å². The average molecular weight is 413 g/mol. The fourth-order valence-electron chi connectivity index (χ4n) is 3.58. The van der Waals surface area contributed by atoms with Crippen LogP contribution in [-0.4, -0.2) is 54.3 Å². The number of aliphatic carboxylic acids is 1. The first-order chi connectivity index (χ1) is 14.0. The predicted octanol–water partition coefficient (Wildman–Crippen LogP) is 3.25. The molecule has 1 aromatic heterocycles. The smallest absolute Gasteiger partial charge is 0.318 e. The van der Waals surface area contributed by atoms with E-state index in [0.717, 1.165) is 48.1 Å². The van der Waals surface area contributed by atoms with E-state index in [2.05, 4.69) is 19.8 Å². The molecule has 1 fully saturated rings. The summed E-state index contributed by atoms with van der Waals surface area (Å²) in [6.45, 7) is 3.31. The van der Waals surface area contributed by atoms with Gasteiger partial charge < -0.3 is 19.6 Å². The van der Waals surface area contributed by atoms with Crippen molar-refractivity contribution in [3.8, 4) is 6.01 Å². The van der Waals surface area contributed by atoms with Crippen LogP contribution in [0.15, 0.2) is 42.5 Å². The van der Waals surface area contributed by atoms with Gasteiger partial charge in [0.25, 0.3) is 0 Å². The van der Waals surface area contributed by atoms with Crippen LogP contribution in [0.3, 0.4) is 0 Å². The Bertz CT molecular complexity index is 1030. The lowest BCUT2D eigenvalue weighted by Crippen LogP contribution is -2.47. The van der Waals surface area contributed by atoms with Gasteiger partial charge in [0.15, 0.2) is 0 Å². The van der Waals surface area contributed by atoms with Crippen LogP contribution in [0.25, 0.3) is 10.9 Å². The van der Waals surface area contributed by atoms with Crippen molar-refractivity contribution in [2.75, 3.05) is 43.1 Å². The van der Waals surface area contributed by atoms with Gasteiger partial charge >= 0.3 is 12.0 Å². The van der Waals surface area contributed by atoms with E-state index >= 15 is 0 Å². The molecule has 0 atom stereocenters. The van der Waals surface area contributed by atoms with Crippen LogP contribution in [0.4, 0.5) is 11.5 Å². The molecule has 0 aliphatic carbocycles. The molecule has 2 aromatic carbocycles. The highest BCUT2D eigenvalue weighted by Gasteiger charge is 2.21. The van der Waals surface area contributed by atoms with Crippen LogP contribution < -0.4 is 14.5 Å². The van der Waals surface area contributed by atoms with E-state index in [1.807, 2.05) is 36.4 Å². The molecule has 0 amide bonds. The zero-order chi connectivity index (χ0) is 20.4. The van der Waals surface area contributed by atoms with Gasteiger partial charge in [0, 0.05) is 42.3 Å². The molecule has 4 rings (SSSR count). The number of fused-ring (bicyclic) bond motifs is 1. The number of halogens is 1. The minimum atomic E-state index is -0.871. The van der Waals surface area contributed by atoms with Crippen molar-refractivity contribution in [3.05, 3.63) is 53.1 Å². The lowest BCUT2D eigenvalue weighted by atomic mass is 10.1. The van der Waals surface area contributed by atoms with Gasteiger partial charge in [-0.05, 0) is 42.0 Å². The van der Waals surface area contributed by atoms with Gasteiger partial charge in [-0.3, -0.25) is 4.79 Å². The summed E-state index contributed by atoms with van der Waals surface area (Å²) in [5.41, 5.74) is 2.53. The number of rotatable bonds is 5. The average Bonchev–Trinajstić information content (AvgIpc) is 2.73. The molecule has 0 saturated carbocycles. The minimum absolute atomic E-state index is 0.0443. The normalized spacial score (nSPS) is 14.3. The Hall–Kier alpha value is -3.06. The third-order valence-electron chi connectivity index (χ3n) is 5.03. The first-order valence-corrected chi connectivity index (χ1v) is 9.73. The summed E-state index contributed by atoms with van der Waals surface area (Å²) in [6, 6.07) is 13.7. The monoisotopic (exact) mass is 412 g/mol. The SMILES string of the molecule is COc1nc(N2CCN(c3ccc(Cl)cc3)CC2)c2ccc(CC(=O)O)cc2n1. The molecule has 1 N–H and O–H groups in total. The third-order valence-corrected chi connectivity index (χ3v) is 5.28. The second-order valence-electron chi connectivity index (χ2n) is 6.91. The Morgan fingerprint density at radius 2 is 1.76 bits per heavy atom. The summed E-state index contributed by atoms with van der Waals surface area (Å²) in [5, 5.41) is 10.7. The summed E-state index contributed by atoms with van der Waals surface area (Å²) >= 11 is 5.99. The molecule has 0 unspecified atom stereocenters. The molecule has 0 spiro atoms. The largest absolute Gasteiger partial charge is 0.481 e. The number of nitrogens with zero attached hydrogens (tertiary/aromatic N) is 4. The third kappa shape index (κ3) is 4.19. The quantitative estimate of drug-likeness (QED) is 0.689. The number of ether oxygens (including phenoxy) is 1. The maximum absolute atomic E-state index is 11.0. The Labute approximate surface area is 173 Å². The van der Waals surface area contributed by atoms with E-state index < -0.39 is 5.97 Å². The van der Waals surface area contributed by atoms with Crippen LogP contribution in [0.2, 0.25) is 5.02 Å². The number of carbonyl (C=O) groups is 1. The predicted molar refractivity (Wildman–Crippen MR) is 113 cm³/mol. The molecule has 29 heavy (non-hydrogen) atoms. The molecule has 1 aliphatic heterocycles. The van der Waals surface area contributed by atoms with Gasteiger partial charge in [0.2, 0.25) is 0 Å². The Kier molecular flexibility index (Phi) is 5.40. The number of methoxy groups -OCH3 is 1. The first kappa shape index (κ1) is 19.3. The summed E-state index contributed by atoms with van der Waals surface area (Å²) in [7, 11) is 1.53. The standard InChI is InChI=1S/C21H21ClN4O3/c1-29-21-23-18-12-14(13-19(27)28)2-7-17(18)20(24-21)26-10-8-25(9-11-26)16-5-3-15(22)4-6-16/h2-7,12H,8-11,13H2,1H3,(H,27,28). The molecule has 0 bridgehead atoms. The molecule has 0 radical (unpaired) electrons. The topological polar surface area (TPSA) is 78.8 Å². The number of piperazine rings is 1. The van der Waals surface area contributed by atoms with Gasteiger partial charge in [-0.1, -0.05) is 17.7 Å². The summed E-state index contributed by atoms with van der Waals surface area (Å²) < 4.78 is 5.29. The fourth-order valence-corrected chi connectivity index (χ4v) is 3.71. The van der Waals surface area contributed by atoms with Crippen molar-refractivity contribution in [2.24, 2.45) is 0 Å². The fraction of sp³-hybridized carbons (Fsp3) is 0.286. The van der Waals surface area contributed by atoms with E-state index in [0.29, 0.717) is 11.1 Å². The zero-order valence-corrected chi connectivity index (χ0v) is 16.8. The van der Waals surface area contributed by atoms with Crippen LogP contribution in [0, 0.1) is 0 Å². The molecule has 150 valence electrons. The summed E-state index contributed by atoms with van der Waals surface area (Å²) in [4.78, 5) is 24.6. The molecular weight excluding hydrogens is 392 g/mol. The zero-order valence-electron chi connectivity index (χ0n) is 16.0. The van der Waals surface area contributed by atoms with Crippen LogP contribution >= 0.6 is 11.6 Å². The molecule has 7 nitrogen and oxygen atoms in total. The number of carboxylic acids is 1. The number of hydrogen-bond donors (Lipinski definition) is 1. The van der Waals surface area contributed by atoms with E-state index in [1.54, 1.807) is 6.07 Å².